The molecule has 0 saturated heterocycles. The molecule has 0 spiro atoms. The number of ether oxygens (including phenoxy) is 1. The van der Waals surface area contributed by atoms with E-state index in [1.54, 1.807) is 0 Å². The molecular formula is C18H21NO2. The lowest BCUT2D eigenvalue weighted by molar-refractivity contribution is -0.120. The first-order valence-electron chi connectivity index (χ1n) is 7.16. The van der Waals surface area contributed by atoms with Gasteiger partial charge in [-0.1, -0.05) is 42.5 Å². The Morgan fingerprint density at radius 2 is 1.81 bits per heavy atom. The van der Waals surface area contributed by atoms with Gasteiger partial charge in [-0.25, -0.2) is 0 Å². The molecule has 2 aromatic carbocycles. The maximum Gasteiger partial charge on any atom is 0.224 e. The minimum atomic E-state index is 0.0192. The van der Waals surface area contributed by atoms with Crippen molar-refractivity contribution in [2.45, 2.75) is 20.3 Å². The van der Waals surface area contributed by atoms with Gasteiger partial charge in [-0.05, 0) is 36.6 Å². The largest absolute Gasteiger partial charge is 0.491 e. The zero-order valence-corrected chi connectivity index (χ0v) is 12.6. The van der Waals surface area contributed by atoms with Gasteiger partial charge in [0.15, 0.2) is 0 Å². The van der Waals surface area contributed by atoms with Crippen LogP contribution in [0.3, 0.4) is 0 Å². The molecule has 110 valence electrons. The Morgan fingerprint density at radius 1 is 1.05 bits per heavy atom. The SMILES string of the molecule is Cc1cccc(OCCNC(=O)Cc2ccccc2)c1C. The van der Waals surface area contributed by atoms with Crippen LogP contribution in [-0.4, -0.2) is 19.1 Å². The number of carbonyl (C=O) groups is 1. The third-order valence-electron chi connectivity index (χ3n) is 3.44. The van der Waals surface area contributed by atoms with Gasteiger partial charge in [-0.3, -0.25) is 4.79 Å². The van der Waals surface area contributed by atoms with E-state index in [4.69, 9.17) is 4.74 Å². The molecule has 0 aliphatic rings. The summed E-state index contributed by atoms with van der Waals surface area (Å²) >= 11 is 0. The zero-order chi connectivity index (χ0) is 15.1. The summed E-state index contributed by atoms with van der Waals surface area (Å²) in [6.45, 7) is 5.09. The van der Waals surface area contributed by atoms with Crippen LogP contribution >= 0.6 is 0 Å². The first-order chi connectivity index (χ1) is 10.2. The molecule has 0 unspecified atom stereocenters. The lowest BCUT2D eigenvalue weighted by Crippen LogP contribution is -2.29. The van der Waals surface area contributed by atoms with Crippen molar-refractivity contribution in [3.05, 3.63) is 65.2 Å². The highest BCUT2D eigenvalue weighted by atomic mass is 16.5. The third kappa shape index (κ3) is 4.63. The molecule has 0 saturated carbocycles. The van der Waals surface area contributed by atoms with Crippen LogP contribution in [0, 0.1) is 13.8 Å². The van der Waals surface area contributed by atoms with Crippen molar-refractivity contribution in [3.8, 4) is 5.75 Å². The molecule has 0 fully saturated rings. The van der Waals surface area contributed by atoms with Crippen molar-refractivity contribution >= 4 is 5.91 Å². The molecule has 3 nitrogen and oxygen atoms in total. The van der Waals surface area contributed by atoms with Crippen LogP contribution in [0.2, 0.25) is 0 Å². The summed E-state index contributed by atoms with van der Waals surface area (Å²) in [7, 11) is 0. The van der Waals surface area contributed by atoms with Crippen molar-refractivity contribution in [1.82, 2.24) is 5.32 Å². The average Bonchev–Trinajstić information content (AvgIpc) is 2.49. The van der Waals surface area contributed by atoms with Gasteiger partial charge < -0.3 is 10.1 Å². The topological polar surface area (TPSA) is 38.3 Å². The molecule has 0 radical (unpaired) electrons. The monoisotopic (exact) mass is 283 g/mol. The van der Waals surface area contributed by atoms with Gasteiger partial charge in [0, 0.05) is 0 Å². The van der Waals surface area contributed by atoms with Crippen molar-refractivity contribution in [3.63, 3.8) is 0 Å². The number of hydrogen-bond donors (Lipinski definition) is 1. The Hall–Kier alpha value is -2.29. The predicted octanol–water partition coefficient (Wildman–Crippen LogP) is 3.04. The molecule has 3 heteroatoms. The minimum Gasteiger partial charge on any atom is -0.491 e. The fourth-order valence-corrected chi connectivity index (χ4v) is 2.08. The second kappa shape index (κ2) is 7.48. The highest BCUT2D eigenvalue weighted by Crippen LogP contribution is 2.20. The summed E-state index contributed by atoms with van der Waals surface area (Å²) < 4.78 is 5.70. The molecule has 21 heavy (non-hydrogen) atoms. The Kier molecular flexibility index (Phi) is 5.38. The van der Waals surface area contributed by atoms with E-state index >= 15 is 0 Å². The number of amides is 1. The van der Waals surface area contributed by atoms with Crippen LogP contribution in [0.15, 0.2) is 48.5 Å². The van der Waals surface area contributed by atoms with E-state index in [1.807, 2.05) is 49.4 Å². The first-order valence-corrected chi connectivity index (χ1v) is 7.16. The average molecular weight is 283 g/mol. The Morgan fingerprint density at radius 3 is 2.57 bits per heavy atom. The number of hydrogen-bond acceptors (Lipinski definition) is 2. The fraction of sp³-hybridized carbons (Fsp3) is 0.278. The second-order valence-electron chi connectivity index (χ2n) is 5.06. The number of carbonyl (C=O) groups excluding carboxylic acids is 1. The summed E-state index contributed by atoms with van der Waals surface area (Å²) in [4.78, 5) is 11.8. The fourth-order valence-electron chi connectivity index (χ4n) is 2.08. The van der Waals surface area contributed by atoms with E-state index in [-0.39, 0.29) is 5.91 Å². The Labute approximate surface area is 126 Å². The van der Waals surface area contributed by atoms with Crippen molar-refractivity contribution < 1.29 is 9.53 Å². The second-order valence-corrected chi connectivity index (χ2v) is 5.06. The van der Waals surface area contributed by atoms with Crippen LogP contribution < -0.4 is 10.1 Å². The van der Waals surface area contributed by atoms with E-state index in [1.165, 1.54) is 5.56 Å². The summed E-state index contributed by atoms with van der Waals surface area (Å²) in [5, 5.41) is 2.87. The number of rotatable bonds is 6. The van der Waals surface area contributed by atoms with Crippen LogP contribution in [0.4, 0.5) is 0 Å². The molecule has 0 aliphatic carbocycles. The van der Waals surface area contributed by atoms with E-state index in [0.717, 1.165) is 16.9 Å². The van der Waals surface area contributed by atoms with E-state index in [2.05, 4.69) is 18.3 Å². The minimum absolute atomic E-state index is 0.0192. The van der Waals surface area contributed by atoms with E-state index < -0.39 is 0 Å². The highest BCUT2D eigenvalue weighted by molar-refractivity contribution is 5.78. The maximum atomic E-state index is 11.8. The molecule has 0 heterocycles. The normalized spacial score (nSPS) is 10.2. The third-order valence-corrected chi connectivity index (χ3v) is 3.44. The predicted molar refractivity (Wildman–Crippen MR) is 84.6 cm³/mol. The smallest absolute Gasteiger partial charge is 0.224 e. The lowest BCUT2D eigenvalue weighted by atomic mass is 10.1. The van der Waals surface area contributed by atoms with Crippen LogP contribution in [0.5, 0.6) is 5.75 Å². The number of aryl methyl sites for hydroxylation is 1. The van der Waals surface area contributed by atoms with Gasteiger partial charge >= 0.3 is 0 Å². The Balaban J connectivity index is 1.72. The Bertz CT molecular complexity index is 593. The van der Waals surface area contributed by atoms with Crippen molar-refractivity contribution in [1.29, 1.82) is 0 Å². The van der Waals surface area contributed by atoms with Crippen LogP contribution in [-0.2, 0) is 11.2 Å². The van der Waals surface area contributed by atoms with E-state index in [0.29, 0.717) is 19.6 Å². The maximum absolute atomic E-state index is 11.8. The van der Waals surface area contributed by atoms with Crippen LogP contribution in [0.1, 0.15) is 16.7 Å². The van der Waals surface area contributed by atoms with E-state index in [9.17, 15) is 4.79 Å². The first kappa shape index (κ1) is 15.1. The molecule has 2 aromatic rings. The molecular weight excluding hydrogens is 262 g/mol. The standard InChI is InChI=1S/C18H21NO2/c1-14-7-6-10-17(15(14)2)21-12-11-19-18(20)13-16-8-4-3-5-9-16/h3-10H,11-13H2,1-2H3,(H,19,20). The zero-order valence-electron chi connectivity index (χ0n) is 12.6. The highest BCUT2D eigenvalue weighted by Gasteiger charge is 2.04. The van der Waals surface area contributed by atoms with Crippen molar-refractivity contribution in [2.24, 2.45) is 0 Å². The summed E-state index contributed by atoms with van der Waals surface area (Å²) in [6.07, 6.45) is 0.407. The molecule has 0 aliphatic heterocycles. The lowest BCUT2D eigenvalue weighted by Gasteiger charge is -2.11. The van der Waals surface area contributed by atoms with Crippen LogP contribution in [0.25, 0.3) is 0 Å². The molecule has 1 amide bonds. The quantitative estimate of drug-likeness (QED) is 0.828. The van der Waals surface area contributed by atoms with Crippen molar-refractivity contribution in [2.75, 3.05) is 13.2 Å². The number of nitrogens with one attached hydrogen (secondary N) is 1. The van der Waals surface area contributed by atoms with Gasteiger partial charge in [-0.2, -0.15) is 0 Å². The molecule has 0 atom stereocenters. The molecule has 2 rings (SSSR count). The summed E-state index contributed by atoms with van der Waals surface area (Å²) in [5.74, 6) is 0.901. The summed E-state index contributed by atoms with van der Waals surface area (Å²) in [5.41, 5.74) is 3.37. The van der Waals surface area contributed by atoms with Gasteiger partial charge in [-0.15, -0.1) is 0 Å². The van der Waals surface area contributed by atoms with Gasteiger partial charge in [0.1, 0.15) is 12.4 Å². The molecule has 1 N–H and O–H groups in total. The van der Waals surface area contributed by atoms with Gasteiger partial charge in [0.2, 0.25) is 5.91 Å². The molecule has 0 aromatic heterocycles. The number of benzene rings is 2. The summed E-state index contributed by atoms with van der Waals surface area (Å²) in [6, 6.07) is 15.7. The molecule has 0 bridgehead atoms. The van der Waals surface area contributed by atoms with Gasteiger partial charge in [0.05, 0.1) is 13.0 Å². The van der Waals surface area contributed by atoms with Gasteiger partial charge in [0.25, 0.3) is 0 Å².